The number of amides is 2. The van der Waals surface area contributed by atoms with Crippen LogP contribution in [0.15, 0.2) is 53.4 Å². The number of nitrogens with one attached hydrogen (secondary N) is 1. The average molecular weight is 446 g/mol. The summed E-state index contributed by atoms with van der Waals surface area (Å²) in [5, 5.41) is 2.76. The first-order valence-corrected chi connectivity index (χ1v) is 11.1. The third-order valence-electron chi connectivity index (χ3n) is 4.96. The van der Waals surface area contributed by atoms with Gasteiger partial charge in [-0.15, -0.1) is 0 Å². The summed E-state index contributed by atoms with van der Waals surface area (Å²) in [5.74, 6) is 5.06. The van der Waals surface area contributed by atoms with Crippen molar-refractivity contribution in [2.45, 2.75) is 35.3 Å². The van der Waals surface area contributed by atoms with Gasteiger partial charge in [0.05, 0.1) is 18.4 Å². The van der Waals surface area contributed by atoms with E-state index in [0.29, 0.717) is 23.6 Å². The fourth-order valence-electron chi connectivity index (χ4n) is 3.32. The molecule has 2 aromatic rings. The minimum atomic E-state index is -4.10. The predicted molar refractivity (Wildman–Crippen MR) is 113 cm³/mol. The Morgan fingerprint density at radius 3 is 2.33 bits per heavy atom. The van der Waals surface area contributed by atoms with Gasteiger partial charge in [-0.05, 0) is 61.4 Å². The number of carbonyl (C=O) groups excluding carboxylic acids is 2. The van der Waals surface area contributed by atoms with Gasteiger partial charge in [-0.3, -0.25) is 14.9 Å². The number of hydrogen-bond donors (Lipinski definition) is 1. The molecular formula is C22H20ClNO5S. The van der Waals surface area contributed by atoms with Crippen LogP contribution in [0.2, 0.25) is 5.02 Å². The van der Waals surface area contributed by atoms with Gasteiger partial charge < -0.3 is 4.74 Å². The van der Waals surface area contributed by atoms with Crippen molar-refractivity contribution in [2.75, 3.05) is 7.11 Å². The molecule has 2 aromatic carbocycles. The Hall–Kier alpha value is -2.82. The van der Waals surface area contributed by atoms with Crippen LogP contribution in [0.3, 0.4) is 0 Å². The third kappa shape index (κ3) is 4.35. The third-order valence-corrected chi connectivity index (χ3v) is 7.66. The van der Waals surface area contributed by atoms with E-state index in [4.69, 9.17) is 16.3 Å². The molecule has 1 aliphatic heterocycles. The Balaban J connectivity index is 1.80. The second kappa shape index (κ2) is 8.90. The molecule has 1 unspecified atom stereocenters. The van der Waals surface area contributed by atoms with E-state index in [-0.39, 0.29) is 11.3 Å². The van der Waals surface area contributed by atoms with Crippen molar-refractivity contribution in [3.63, 3.8) is 0 Å². The number of sulfone groups is 1. The second-order valence-electron chi connectivity index (χ2n) is 6.89. The molecule has 0 aromatic heterocycles. The summed E-state index contributed by atoms with van der Waals surface area (Å²) in [6, 6.07) is 12.8. The number of imide groups is 1. The normalized spacial score (nSPS) is 18.5. The number of unbranched alkanes of at least 4 members (excludes halogenated alkanes) is 1. The molecule has 1 heterocycles. The van der Waals surface area contributed by atoms with E-state index >= 15 is 0 Å². The number of methoxy groups -OCH3 is 1. The molecular weight excluding hydrogens is 426 g/mol. The van der Waals surface area contributed by atoms with Crippen LogP contribution in [0.5, 0.6) is 5.75 Å². The number of benzene rings is 2. The van der Waals surface area contributed by atoms with Crippen LogP contribution in [0.4, 0.5) is 0 Å². The quantitative estimate of drug-likeness (QED) is 0.419. The fourth-order valence-corrected chi connectivity index (χ4v) is 5.42. The van der Waals surface area contributed by atoms with Crippen LogP contribution < -0.4 is 10.1 Å². The molecule has 1 atom stereocenters. The van der Waals surface area contributed by atoms with Gasteiger partial charge in [0.25, 0.3) is 0 Å². The lowest BCUT2D eigenvalue weighted by Gasteiger charge is -2.25. The summed E-state index contributed by atoms with van der Waals surface area (Å²) >= 11 is 5.84. The SMILES string of the molecule is COc1ccc(S(=O)(=O)C2(CCCC#Cc3ccc(Cl)cc3)CC(=O)NC2=O)cc1. The molecule has 0 aliphatic carbocycles. The molecule has 0 spiro atoms. The zero-order valence-corrected chi connectivity index (χ0v) is 17.8. The number of carbonyl (C=O) groups is 2. The average Bonchev–Trinajstić information content (AvgIpc) is 3.03. The molecule has 3 rings (SSSR count). The number of rotatable bonds is 6. The van der Waals surface area contributed by atoms with Crippen molar-refractivity contribution in [3.8, 4) is 17.6 Å². The molecule has 6 nitrogen and oxygen atoms in total. The van der Waals surface area contributed by atoms with Crippen molar-refractivity contribution >= 4 is 33.3 Å². The minimum Gasteiger partial charge on any atom is -0.497 e. The highest BCUT2D eigenvalue weighted by Gasteiger charge is 2.56. The molecule has 0 saturated carbocycles. The maximum Gasteiger partial charge on any atom is 0.248 e. The second-order valence-corrected chi connectivity index (χ2v) is 9.59. The van der Waals surface area contributed by atoms with Crippen LogP contribution in [-0.2, 0) is 19.4 Å². The molecule has 8 heteroatoms. The largest absolute Gasteiger partial charge is 0.497 e. The van der Waals surface area contributed by atoms with Crippen LogP contribution in [0.25, 0.3) is 0 Å². The van der Waals surface area contributed by atoms with Gasteiger partial charge >= 0.3 is 0 Å². The lowest BCUT2D eigenvalue weighted by atomic mass is 9.99. The lowest BCUT2D eigenvalue weighted by molar-refractivity contribution is -0.125. The fraction of sp³-hybridized carbons (Fsp3) is 0.273. The number of halogens is 1. The van der Waals surface area contributed by atoms with Gasteiger partial charge in [0.1, 0.15) is 5.75 Å². The van der Waals surface area contributed by atoms with Crippen LogP contribution >= 0.6 is 11.6 Å². The standard InChI is InChI=1S/C22H20ClNO5S/c1-29-18-10-12-19(13-11-18)30(27,28)22(15-20(25)24-21(22)26)14-4-2-3-5-16-6-8-17(23)9-7-16/h6-13H,2,4,14-15H2,1H3,(H,24,25,26). The lowest BCUT2D eigenvalue weighted by Crippen LogP contribution is -2.45. The van der Waals surface area contributed by atoms with Crippen molar-refractivity contribution in [2.24, 2.45) is 0 Å². The first-order valence-electron chi connectivity index (χ1n) is 9.26. The Morgan fingerprint density at radius 1 is 1.10 bits per heavy atom. The van der Waals surface area contributed by atoms with Gasteiger partial charge in [0, 0.05) is 17.0 Å². The first-order chi connectivity index (χ1) is 14.3. The summed E-state index contributed by atoms with van der Waals surface area (Å²) in [6.45, 7) is 0. The molecule has 156 valence electrons. The van der Waals surface area contributed by atoms with E-state index in [2.05, 4.69) is 17.2 Å². The molecule has 0 radical (unpaired) electrons. The van der Waals surface area contributed by atoms with Gasteiger partial charge in [-0.1, -0.05) is 23.4 Å². The summed E-state index contributed by atoms with van der Waals surface area (Å²) in [5.41, 5.74) is 0.786. The maximum absolute atomic E-state index is 13.3. The van der Waals surface area contributed by atoms with Gasteiger partial charge in [-0.25, -0.2) is 8.42 Å². The summed E-state index contributed by atoms with van der Waals surface area (Å²) in [4.78, 5) is 24.4. The van der Waals surface area contributed by atoms with Crippen LogP contribution in [0, 0.1) is 11.8 Å². The van der Waals surface area contributed by atoms with Gasteiger partial charge in [0.15, 0.2) is 14.6 Å². The topological polar surface area (TPSA) is 89.5 Å². The van der Waals surface area contributed by atoms with E-state index in [1.54, 1.807) is 24.3 Å². The van der Waals surface area contributed by atoms with Crippen molar-refractivity contribution < 1.29 is 22.7 Å². The van der Waals surface area contributed by atoms with Crippen molar-refractivity contribution in [1.82, 2.24) is 5.32 Å². The van der Waals surface area contributed by atoms with E-state index in [1.165, 1.54) is 31.4 Å². The molecule has 1 saturated heterocycles. The highest BCUT2D eigenvalue weighted by molar-refractivity contribution is 7.93. The smallest absolute Gasteiger partial charge is 0.248 e. The van der Waals surface area contributed by atoms with E-state index < -0.39 is 32.8 Å². The Morgan fingerprint density at radius 2 is 1.77 bits per heavy atom. The summed E-state index contributed by atoms with van der Waals surface area (Å²) < 4.78 is 29.9. The van der Waals surface area contributed by atoms with Crippen LogP contribution in [0.1, 0.15) is 31.2 Å². The van der Waals surface area contributed by atoms with Crippen molar-refractivity contribution in [1.29, 1.82) is 0 Å². The van der Waals surface area contributed by atoms with E-state index in [1.807, 2.05) is 0 Å². The number of hydrogen-bond acceptors (Lipinski definition) is 5. The molecule has 0 bridgehead atoms. The zero-order valence-electron chi connectivity index (χ0n) is 16.3. The summed E-state index contributed by atoms with van der Waals surface area (Å²) in [6.07, 6.45) is 0.319. The first kappa shape index (κ1) is 21.9. The summed E-state index contributed by atoms with van der Waals surface area (Å²) in [7, 11) is -2.63. The molecule has 30 heavy (non-hydrogen) atoms. The maximum atomic E-state index is 13.3. The Kier molecular flexibility index (Phi) is 6.49. The minimum absolute atomic E-state index is 0.00572. The molecule has 2 amide bonds. The predicted octanol–water partition coefficient (Wildman–Crippen LogP) is 3.13. The zero-order chi connectivity index (χ0) is 21.8. The van der Waals surface area contributed by atoms with Gasteiger partial charge in [0.2, 0.25) is 11.8 Å². The highest BCUT2D eigenvalue weighted by atomic mass is 35.5. The monoisotopic (exact) mass is 445 g/mol. The van der Waals surface area contributed by atoms with Crippen molar-refractivity contribution in [3.05, 3.63) is 59.1 Å². The Bertz CT molecular complexity index is 1110. The Labute approximate surface area is 180 Å². The van der Waals surface area contributed by atoms with Crippen LogP contribution in [-0.4, -0.2) is 32.1 Å². The number of ether oxygens (including phenoxy) is 1. The highest BCUT2D eigenvalue weighted by Crippen LogP contribution is 2.37. The molecule has 1 fully saturated rings. The molecule has 1 N–H and O–H groups in total. The van der Waals surface area contributed by atoms with E-state index in [0.717, 1.165) is 5.56 Å². The van der Waals surface area contributed by atoms with E-state index in [9.17, 15) is 18.0 Å². The van der Waals surface area contributed by atoms with Gasteiger partial charge in [-0.2, -0.15) is 0 Å². The molecule has 1 aliphatic rings.